The molecular formula is C8H13F3N4S. The van der Waals surface area contributed by atoms with E-state index < -0.39 is 12.0 Å². The molecule has 92 valence electrons. The fourth-order valence-corrected chi connectivity index (χ4v) is 1.65. The zero-order valence-corrected chi connectivity index (χ0v) is 9.53. The molecule has 0 saturated carbocycles. The van der Waals surface area contributed by atoms with Gasteiger partial charge in [-0.2, -0.15) is 22.5 Å². The summed E-state index contributed by atoms with van der Waals surface area (Å²) in [6, 6.07) is 0. The minimum atomic E-state index is -4.47. The van der Waals surface area contributed by atoms with Crippen LogP contribution < -0.4 is 11.1 Å². The molecule has 1 unspecified atom stereocenters. The van der Waals surface area contributed by atoms with Crippen molar-refractivity contribution in [3.05, 3.63) is 5.82 Å². The normalized spacial score (nSPS) is 13.8. The van der Waals surface area contributed by atoms with E-state index in [2.05, 4.69) is 14.7 Å². The smallest absolute Gasteiger partial charge is 0.360 e. The van der Waals surface area contributed by atoms with Crippen LogP contribution in [0.25, 0.3) is 0 Å². The van der Waals surface area contributed by atoms with Gasteiger partial charge in [0.2, 0.25) is 11.0 Å². The van der Waals surface area contributed by atoms with Crippen molar-refractivity contribution in [2.45, 2.75) is 19.5 Å². The van der Waals surface area contributed by atoms with Crippen LogP contribution in [-0.2, 0) is 6.18 Å². The Balaban J connectivity index is 2.47. The maximum Gasteiger partial charge on any atom is 0.452 e. The van der Waals surface area contributed by atoms with E-state index in [9.17, 15) is 13.2 Å². The highest BCUT2D eigenvalue weighted by Crippen LogP contribution is 2.28. The fraction of sp³-hybridized carbons (Fsp3) is 0.750. The van der Waals surface area contributed by atoms with Crippen LogP contribution in [0.5, 0.6) is 0 Å². The number of alkyl halides is 3. The van der Waals surface area contributed by atoms with Crippen LogP contribution in [-0.4, -0.2) is 22.4 Å². The fourth-order valence-electron chi connectivity index (χ4n) is 1.06. The Hall–Kier alpha value is -0.890. The van der Waals surface area contributed by atoms with E-state index in [1.54, 1.807) is 0 Å². The third-order valence-electron chi connectivity index (χ3n) is 1.94. The third kappa shape index (κ3) is 3.93. The lowest BCUT2D eigenvalue weighted by molar-refractivity contribution is -0.144. The van der Waals surface area contributed by atoms with Gasteiger partial charge in [-0.15, -0.1) is 0 Å². The van der Waals surface area contributed by atoms with Crippen molar-refractivity contribution in [2.75, 3.05) is 18.4 Å². The standard InChI is InChI=1S/C8H13F3N4S/c1-5(2-3-12)4-13-7-14-6(15-16-7)8(9,10)11/h5H,2-4,12H2,1H3,(H,13,14,15). The monoisotopic (exact) mass is 254 g/mol. The summed E-state index contributed by atoms with van der Waals surface area (Å²) in [5.41, 5.74) is 5.36. The van der Waals surface area contributed by atoms with Gasteiger partial charge in [-0.05, 0) is 18.9 Å². The summed E-state index contributed by atoms with van der Waals surface area (Å²) in [5.74, 6) is -0.797. The van der Waals surface area contributed by atoms with Gasteiger partial charge in [-0.1, -0.05) is 6.92 Å². The predicted octanol–water partition coefficient (Wildman–Crippen LogP) is 1.95. The molecule has 1 aromatic rings. The lowest BCUT2D eigenvalue weighted by Crippen LogP contribution is -2.15. The minimum absolute atomic E-state index is 0.191. The molecule has 4 nitrogen and oxygen atoms in total. The Kier molecular flexibility index (Phi) is 4.48. The van der Waals surface area contributed by atoms with Crippen LogP contribution in [0.15, 0.2) is 0 Å². The molecule has 1 heterocycles. The Labute approximate surface area is 95.2 Å². The second kappa shape index (κ2) is 5.44. The lowest BCUT2D eigenvalue weighted by Gasteiger charge is -2.09. The van der Waals surface area contributed by atoms with E-state index >= 15 is 0 Å². The molecule has 0 spiro atoms. The van der Waals surface area contributed by atoms with Crippen molar-refractivity contribution in [1.29, 1.82) is 0 Å². The van der Waals surface area contributed by atoms with E-state index in [-0.39, 0.29) is 5.13 Å². The summed E-state index contributed by atoms with van der Waals surface area (Å²) >= 11 is 0.713. The number of halogens is 3. The zero-order chi connectivity index (χ0) is 12.2. The number of rotatable bonds is 5. The van der Waals surface area contributed by atoms with Gasteiger partial charge in [-0.25, -0.2) is 0 Å². The van der Waals surface area contributed by atoms with Gasteiger partial charge in [-0.3, -0.25) is 0 Å². The van der Waals surface area contributed by atoms with Crippen LogP contribution in [0, 0.1) is 5.92 Å². The van der Waals surface area contributed by atoms with Gasteiger partial charge in [0.05, 0.1) is 0 Å². The highest BCUT2D eigenvalue weighted by molar-refractivity contribution is 7.09. The molecule has 1 atom stereocenters. The Bertz CT molecular complexity index is 325. The molecule has 16 heavy (non-hydrogen) atoms. The van der Waals surface area contributed by atoms with Crippen molar-refractivity contribution in [2.24, 2.45) is 11.7 Å². The van der Waals surface area contributed by atoms with E-state index in [1.807, 2.05) is 6.92 Å². The molecular weight excluding hydrogens is 241 g/mol. The van der Waals surface area contributed by atoms with Gasteiger partial charge >= 0.3 is 6.18 Å². The van der Waals surface area contributed by atoms with E-state index in [1.165, 1.54) is 0 Å². The van der Waals surface area contributed by atoms with Crippen molar-refractivity contribution >= 4 is 16.7 Å². The number of hydrogen-bond donors (Lipinski definition) is 2. The van der Waals surface area contributed by atoms with Crippen LogP contribution >= 0.6 is 11.5 Å². The molecule has 0 aromatic carbocycles. The van der Waals surface area contributed by atoms with Crippen LogP contribution in [0.2, 0.25) is 0 Å². The number of anilines is 1. The van der Waals surface area contributed by atoms with Crippen molar-refractivity contribution in [1.82, 2.24) is 9.36 Å². The average Bonchev–Trinajstić information content (AvgIpc) is 2.63. The molecule has 0 amide bonds. The SMILES string of the molecule is CC(CCN)CNc1nc(C(F)(F)F)ns1. The number of aromatic nitrogens is 2. The largest absolute Gasteiger partial charge is 0.452 e. The number of nitrogens with zero attached hydrogens (tertiary/aromatic N) is 2. The Morgan fingerprint density at radius 1 is 1.50 bits per heavy atom. The minimum Gasteiger partial charge on any atom is -0.360 e. The second-order valence-corrected chi connectivity index (χ2v) is 4.24. The van der Waals surface area contributed by atoms with Crippen molar-refractivity contribution in [3.63, 3.8) is 0 Å². The number of nitrogens with one attached hydrogen (secondary N) is 1. The van der Waals surface area contributed by atoms with Crippen LogP contribution in [0.1, 0.15) is 19.2 Å². The molecule has 0 aliphatic carbocycles. The average molecular weight is 254 g/mol. The number of nitrogens with two attached hydrogens (primary N) is 1. The van der Waals surface area contributed by atoms with Gasteiger partial charge in [0.15, 0.2) is 0 Å². The maximum absolute atomic E-state index is 12.2. The molecule has 0 aliphatic rings. The lowest BCUT2D eigenvalue weighted by atomic mass is 10.1. The molecule has 0 aliphatic heterocycles. The molecule has 0 radical (unpaired) electrons. The highest BCUT2D eigenvalue weighted by atomic mass is 32.1. The molecule has 8 heteroatoms. The van der Waals surface area contributed by atoms with Gasteiger partial charge < -0.3 is 11.1 Å². The van der Waals surface area contributed by atoms with Gasteiger partial charge in [0.25, 0.3) is 0 Å². The summed E-state index contributed by atoms with van der Waals surface area (Å²) in [5, 5.41) is 3.00. The van der Waals surface area contributed by atoms with Crippen LogP contribution in [0.3, 0.4) is 0 Å². The first-order chi connectivity index (χ1) is 7.43. The van der Waals surface area contributed by atoms with Crippen molar-refractivity contribution in [3.8, 4) is 0 Å². The highest BCUT2D eigenvalue weighted by Gasteiger charge is 2.36. The van der Waals surface area contributed by atoms with Gasteiger partial charge in [0.1, 0.15) is 0 Å². The van der Waals surface area contributed by atoms with E-state index in [0.29, 0.717) is 30.5 Å². The first-order valence-corrected chi connectivity index (χ1v) is 5.55. The van der Waals surface area contributed by atoms with E-state index in [0.717, 1.165) is 6.42 Å². The first kappa shape index (κ1) is 13.2. The zero-order valence-electron chi connectivity index (χ0n) is 8.71. The second-order valence-electron chi connectivity index (χ2n) is 3.48. The quantitative estimate of drug-likeness (QED) is 0.843. The summed E-state index contributed by atoms with van der Waals surface area (Å²) in [6.45, 7) is 3.07. The topological polar surface area (TPSA) is 63.8 Å². The van der Waals surface area contributed by atoms with Crippen molar-refractivity contribution < 1.29 is 13.2 Å². The summed E-state index contributed by atoms with van der Waals surface area (Å²) in [7, 11) is 0. The molecule has 0 bridgehead atoms. The Morgan fingerprint density at radius 3 is 2.69 bits per heavy atom. The Morgan fingerprint density at radius 2 is 2.19 bits per heavy atom. The first-order valence-electron chi connectivity index (χ1n) is 4.78. The molecule has 1 rings (SSSR count). The molecule has 3 N–H and O–H groups in total. The molecule has 1 aromatic heterocycles. The predicted molar refractivity (Wildman–Crippen MR) is 56.2 cm³/mol. The van der Waals surface area contributed by atoms with Gasteiger partial charge in [0, 0.05) is 18.1 Å². The number of hydrogen-bond acceptors (Lipinski definition) is 5. The molecule has 0 saturated heterocycles. The summed E-state index contributed by atoms with van der Waals surface area (Å²) < 4.78 is 39.7. The molecule has 0 fully saturated rings. The summed E-state index contributed by atoms with van der Waals surface area (Å²) in [4.78, 5) is 3.35. The maximum atomic E-state index is 12.2. The van der Waals surface area contributed by atoms with E-state index in [4.69, 9.17) is 5.73 Å². The summed E-state index contributed by atoms with van der Waals surface area (Å²) in [6.07, 6.45) is -3.66. The van der Waals surface area contributed by atoms with Crippen LogP contribution in [0.4, 0.5) is 18.3 Å². The third-order valence-corrected chi connectivity index (χ3v) is 2.61.